The molecule has 6 nitrogen and oxygen atoms in total. The Morgan fingerprint density at radius 2 is 1.71 bits per heavy atom. The number of aliphatic imine (C=N–C) groups is 1. The number of aryl methyl sites for hydroxylation is 1. The van der Waals surface area contributed by atoms with Crippen LogP contribution < -0.4 is 14.2 Å². The van der Waals surface area contributed by atoms with Crippen LogP contribution in [-0.4, -0.2) is 31.7 Å². The molecule has 1 heterocycles. The molecule has 0 saturated heterocycles. The van der Waals surface area contributed by atoms with Crippen molar-refractivity contribution in [2.75, 3.05) is 19.8 Å². The highest BCUT2D eigenvalue weighted by atomic mass is 79.9. The van der Waals surface area contributed by atoms with Gasteiger partial charge >= 0.3 is 5.97 Å². The van der Waals surface area contributed by atoms with Crippen molar-refractivity contribution in [3.63, 3.8) is 0 Å². The Kier molecular flexibility index (Phi) is 7.65. The summed E-state index contributed by atoms with van der Waals surface area (Å²) in [5.41, 5.74) is 2.86. The highest BCUT2D eigenvalue weighted by Crippen LogP contribution is 2.38. The van der Waals surface area contributed by atoms with Crippen molar-refractivity contribution in [3.8, 4) is 17.2 Å². The van der Waals surface area contributed by atoms with E-state index in [9.17, 15) is 4.79 Å². The number of nitrogens with zero attached hydrogens (tertiary/aromatic N) is 1. The maximum Gasteiger partial charge on any atom is 0.363 e. The summed E-state index contributed by atoms with van der Waals surface area (Å²) in [5, 5.41) is 0. The molecule has 3 aromatic carbocycles. The summed E-state index contributed by atoms with van der Waals surface area (Å²) in [4.78, 5) is 16.7. The fourth-order valence-corrected chi connectivity index (χ4v) is 3.86. The van der Waals surface area contributed by atoms with Crippen LogP contribution in [0.2, 0.25) is 0 Å². The molecule has 0 atom stereocenters. The number of hydrogen-bond donors (Lipinski definition) is 0. The Morgan fingerprint density at radius 1 is 0.971 bits per heavy atom. The van der Waals surface area contributed by atoms with Gasteiger partial charge in [-0.2, -0.15) is 0 Å². The lowest BCUT2D eigenvalue weighted by molar-refractivity contribution is -0.129. The molecule has 0 spiro atoms. The Bertz CT molecular complexity index is 1220. The van der Waals surface area contributed by atoms with Gasteiger partial charge in [0.1, 0.15) is 19.0 Å². The third-order valence-electron chi connectivity index (χ3n) is 4.90. The average Bonchev–Trinajstić information content (AvgIpc) is 3.20. The van der Waals surface area contributed by atoms with E-state index in [0.29, 0.717) is 35.8 Å². The monoisotopic (exact) mass is 521 g/mol. The second-order valence-electron chi connectivity index (χ2n) is 7.48. The van der Waals surface area contributed by atoms with E-state index in [0.717, 1.165) is 16.9 Å². The molecule has 34 heavy (non-hydrogen) atoms. The first kappa shape index (κ1) is 23.6. The highest BCUT2D eigenvalue weighted by Gasteiger charge is 2.24. The number of esters is 1. The number of rotatable bonds is 9. The van der Waals surface area contributed by atoms with Crippen LogP contribution in [0.15, 0.2) is 81.9 Å². The van der Waals surface area contributed by atoms with Crippen LogP contribution >= 0.6 is 15.9 Å². The zero-order chi connectivity index (χ0) is 23.9. The Hall–Kier alpha value is -3.58. The fourth-order valence-electron chi connectivity index (χ4n) is 3.28. The summed E-state index contributed by atoms with van der Waals surface area (Å²) in [6.45, 7) is 5.11. The van der Waals surface area contributed by atoms with Gasteiger partial charge in [-0.3, -0.25) is 0 Å². The molecule has 0 amide bonds. The molecule has 7 heteroatoms. The van der Waals surface area contributed by atoms with Crippen molar-refractivity contribution in [2.24, 2.45) is 4.99 Å². The third-order valence-corrected chi connectivity index (χ3v) is 5.48. The second kappa shape index (κ2) is 11.0. The minimum atomic E-state index is -0.499. The first-order valence-electron chi connectivity index (χ1n) is 10.9. The van der Waals surface area contributed by atoms with E-state index in [1.54, 1.807) is 12.1 Å². The zero-order valence-corrected chi connectivity index (χ0v) is 20.5. The van der Waals surface area contributed by atoms with Crippen molar-refractivity contribution in [1.82, 2.24) is 0 Å². The molecule has 0 fully saturated rings. The smallest absolute Gasteiger partial charge is 0.363 e. The number of carbonyl (C=O) groups excluding carboxylic acids is 1. The van der Waals surface area contributed by atoms with Crippen molar-refractivity contribution in [2.45, 2.75) is 13.8 Å². The maximum absolute atomic E-state index is 12.3. The van der Waals surface area contributed by atoms with Crippen LogP contribution in [0.5, 0.6) is 17.2 Å². The van der Waals surface area contributed by atoms with Crippen LogP contribution in [0, 0.1) is 6.92 Å². The fraction of sp³-hybridized carbons (Fsp3) is 0.185. The summed E-state index contributed by atoms with van der Waals surface area (Å²) in [6.07, 6.45) is 1.66. The zero-order valence-electron chi connectivity index (χ0n) is 18.9. The Balaban J connectivity index is 1.48. The summed E-state index contributed by atoms with van der Waals surface area (Å²) in [7, 11) is 0. The number of halogens is 1. The molecule has 0 bridgehead atoms. The number of ether oxygens (including phenoxy) is 4. The van der Waals surface area contributed by atoms with E-state index >= 15 is 0 Å². The van der Waals surface area contributed by atoms with Gasteiger partial charge in [0.15, 0.2) is 17.2 Å². The first-order chi connectivity index (χ1) is 16.5. The van der Waals surface area contributed by atoms with Gasteiger partial charge in [0, 0.05) is 5.56 Å². The molecule has 1 aliphatic rings. The van der Waals surface area contributed by atoms with Crippen molar-refractivity contribution < 1.29 is 23.7 Å². The molecular formula is C27H24BrNO5. The van der Waals surface area contributed by atoms with Crippen LogP contribution in [0.3, 0.4) is 0 Å². The Morgan fingerprint density at radius 3 is 2.44 bits per heavy atom. The second-order valence-corrected chi connectivity index (χ2v) is 8.33. The van der Waals surface area contributed by atoms with E-state index in [-0.39, 0.29) is 11.6 Å². The molecule has 1 aliphatic heterocycles. The number of benzene rings is 3. The van der Waals surface area contributed by atoms with Crippen molar-refractivity contribution >= 4 is 33.9 Å². The van der Waals surface area contributed by atoms with Crippen molar-refractivity contribution in [1.29, 1.82) is 0 Å². The Labute approximate surface area is 207 Å². The quantitative estimate of drug-likeness (QED) is 0.197. The van der Waals surface area contributed by atoms with Gasteiger partial charge in [-0.25, -0.2) is 9.79 Å². The van der Waals surface area contributed by atoms with Gasteiger partial charge in [-0.15, -0.1) is 0 Å². The lowest BCUT2D eigenvalue weighted by Crippen LogP contribution is -2.10. The van der Waals surface area contributed by atoms with Gasteiger partial charge in [0.05, 0.1) is 11.1 Å². The summed E-state index contributed by atoms with van der Waals surface area (Å²) in [6, 6.07) is 20.8. The summed E-state index contributed by atoms with van der Waals surface area (Å²) < 4.78 is 23.5. The summed E-state index contributed by atoms with van der Waals surface area (Å²) in [5.74, 6) is 1.70. The molecule has 0 unspecified atom stereocenters. The maximum atomic E-state index is 12.3. The predicted octanol–water partition coefficient (Wildman–Crippen LogP) is 5.96. The molecule has 0 aromatic heterocycles. The lowest BCUT2D eigenvalue weighted by Gasteiger charge is -2.15. The van der Waals surface area contributed by atoms with E-state index in [1.807, 2.05) is 74.5 Å². The van der Waals surface area contributed by atoms with Crippen LogP contribution in [0.4, 0.5) is 0 Å². The van der Waals surface area contributed by atoms with Gasteiger partial charge in [-0.05, 0) is 77.8 Å². The largest absolute Gasteiger partial charge is 0.490 e. The minimum Gasteiger partial charge on any atom is -0.490 e. The first-order valence-corrected chi connectivity index (χ1v) is 11.7. The van der Waals surface area contributed by atoms with Gasteiger partial charge in [0.25, 0.3) is 0 Å². The number of carbonyl (C=O) groups is 1. The molecule has 0 aliphatic carbocycles. The van der Waals surface area contributed by atoms with E-state index < -0.39 is 5.97 Å². The van der Waals surface area contributed by atoms with Gasteiger partial charge in [0.2, 0.25) is 5.90 Å². The number of cyclic esters (lactones) is 1. The molecular weight excluding hydrogens is 498 g/mol. The van der Waals surface area contributed by atoms with E-state index in [2.05, 4.69) is 20.9 Å². The SMILES string of the molecule is CCOc1cc(C=C2N=C(c3ccccc3)OC2=O)cc(Br)c1OCCOc1ccc(C)cc1. The van der Waals surface area contributed by atoms with E-state index in [4.69, 9.17) is 18.9 Å². The van der Waals surface area contributed by atoms with E-state index in [1.165, 1.54) is 5.56 Å². The standard InChI is InChI=1S/C27H24BrNO5/c1-3-31-24-17-19(16-23-27(30)34-26(29-23)20-7-5-4-6-8-20)15-22(28)25(24)33-14-13-32-21-11-9-18(2)10-12-21/h4-12,15-17H,3,13-14H2,1-2H3. The normalized spacial score (nSPS) is 14.0. The van der Waals surface area contributed by atoms with Crippen LogP contribution in [-0.2, 0) is 9.53 Å². The topological polar surface area (TPSA) is 66.4 Å². The van der Waals surface area contributed by atoms with Gasteiger partial charge < -0.3 is 18.9 Å². The predicted molar refractivity (Wildman–Crippen MR) is 135 cm³/mol. The minimum absolute atomic E-state index is 0.216. The van der Waals surface area contributed by atoms with Crippen molar-refractivity contribution in [3.05, 3.63) is 93.6 Å². The molecule has 174 valence electrons. The molecule has 0 N–H and O–H groups in total. The molecule has 0 radical (unpaired) electrons. The summed E-state index contributed by atoms with van der Waals surface area (Å²) >= 11 is 3.56. The molecule has 4 rings (SSSR count). The van der Waals surface area contributed by atoms with Crippen LogP contribution in [0.1, 0.15) is 23.6 Å². The molecule has 3 aromatic rings. The average molecular weight is 522 g/mol. The number of hydrogen-bond acceptors (Lipinski definition) is 6. The third kappa shape index (κ3) is 5.85. The van der Waals surface area contributed by atoms with Gasteiger partial charge in [-0.1, -0.05) is 35.9 Å². The highest BCUT2D eigenvalue weighted by molar-refractivity contribution is 9.10. The lowest BCUT2D eigenvalue weighted by atomic mass is 10.1. The van der Waals surface area contributed by atoms with Crippen LogP contribution in [0.25, 0.3) is 6.08 Å². The molecule has 0 saturated carbocycles.